The summed E-state index contributed by atoms with van der Waals surface area (Å²) in [4.78, 5) is 0. The van der Waals surface area contributed by atoms with Crippen molar-refractivity contribution in [2.45, 2.75) is 50.6 Å². The van der Waals surface area contributed by atoms with Crippen LogP contribution in [-0.2, 0) is 0 Å². The zero-order chi connectivity index (χ0) is 14.4. The van der Waals surface area contributed by atoms with E-state index in [9.17, 15) is 5.11 Å². The molecule has 108 valence electrons. The summed E-state index contributed by atoms with van der Waals surface area (Å²) in [6.07, 6.45) is 4.68. The summed E-state index contributed by atoms with van der Waals surface area (Å²) >= 11 is 0. The van der Waals surface area contributed by atoms with Gasteiger partial charge in [-0.1, -0.05) is 37.3 Å². The second kappa shape index (κ2) is 6.88. The predicted molar refractivity (Wildman–Crippen MR) is 80.0 cm³/mol. The molecule has 0 heterocycles. The summed E-state index contributed by atoms with van der Waals surface area (Å²) in [5.74, 6) is 0.739. The van der Waals surface area contributed by atoms with Gasteiger partial charge in [0.25, 0.3) is 0 Å². The highest BCUT2D eigenvalue weighted by atomic mass is 16.3. The first-order valence-corrected chi connectivity index (χ1v) is 7.49. The highest BCUT2D eigenvalue weighted by Gasteiger charge is 2.35. The first kappa shape index (κ1) is 15.0. The van der Waals surface area contributed by atoms with E-state index in [2.05, 4.69) is 18.3 Å². The van der Waals surface area contributed by atoms with E-state index in [1.807, 2.05) is 30.3 Å². The Labute approximate surface area is 121 Å². The van der Waals surface area contributed by atoms with Crippen LogP contribution in [0.4, 0.5) is 0 Å². The molecule has 1 aliphatic carbocycles. The third kappa shape index (κ3) is 3.59. The van der Waals surface area contributed by atoms with Gasteiger partial charge in [0.1, 0.15) is 0 Å². The van der Waals surface area contributed by atoms with Crippen LogP contribution in [-0.4, -0.2) is 17.3 Å². The SMILES string of the molecule is CC1CCC(CO)(NC(CC#N)c2ccccc2)CC1. The summed E-state index contributed by atoms with van der Waals surface area (Å²) in [6.45, 7) is 2.42. The number of hydrogen-bond donors (Lipinski definition) is 2. The van der Waals surface area contributed by atoms with E-state index in [0.29, 0.717) is 6.42 Å². The third-order valence-electron chi connectivity index (χ3n) is 4.51. The molecule has 0 radical (unpaired) electrons. The van der Waals surface area contributed by atoms with Crippen LogP contribution in [0.5, 0.6) is 0 Å². The fraction of sp³-hybridized carbons (Fsp3) is 0.588. The maximum atomic E-state index is 9.85. The van der Waals surface area contributed by atoms with Crippen molar-refractivity contribution >= 4 is 0 Å². The lowest BCUT2D eigenvalue weighted by molar-refractivity contribution is 0.0943. The van der Waals surface area contributed by atoms with Gasteiger partial charge in [-0.2, -0.15) is 5.26 Å². The Hall–Kier alpha value is -1.37. The number of nitrogens with one attached hydrogen (secondary N) is 1. The molecule has 2 rings (SSSR count). The van der Waals surface area contributed by atoms with Crippen molar-refractivity contribution in [2.75, 3.05) is 6.61 Å². The maximum Gasteiger partial charge on any atom is 0.0641 e. The van der Waals surface area contributed by atoms with Crippen LogP contribution in [0.25, 0.3) is 0 Å². The topological polar surface area (TPSA) is 56.0 Å². The molecule has 0 aliphatic heterocycles. The Morgan fingerprint density at radius 1 is 1.35 bits per heavy atom. The molecule has 2 N–H and O–H groups in total. The molecule has 3 nitrogen and oxygen atoms in total. The van der Waals surface area contributed by atoms with Crippen LogP contribution in [0.1, 0.15) is 50.6 Å². The highest BCUT2D eigenvalue weighted by molar-refractivity contribution is 5.20. The predicted octanol–water partition coefficient (Wildman–Crippen LogP) is 3.17. The molecular formula is C17H24N2O. The van der Waals surface area contributed by atoms with E-state index in [1.54, 1.807) is 0 Å². The molecule has 0 bridgehead atoms. The van der Waals surface area contributed by atoms with E-state index in [1.165, 1.54) is 0 Å². The summed E-state index contributed by atoms with van der Waals surface area (Å²) in [6, 6.07) is 12.3. The van der Waals surface area contributed by atoms with Gasteiger partial charge in [0.05, 0.1) is 19.1 Å². The number of hydrogen-bond acceptors (Lipinski definition) is 3. The largest absolute Gasteiger partial charge is 0.394 e. The fourth-order valence-electron chi connectivity index (χ4n) is 3.06. The second-order valence-electron chi connectivity index (χ2n) is 6.09. The second-order valence-corrected chi connectivity index (χ2v) is 6.09. The van der Waals surface area contributed by atoms with Crippen LogP contribution in [0.15, 0.2) is 30.3 Å². The lowest BCUT2D eigenvalue weighted by Gasteiger charge is -2.41. The summed E-state index contributed by atoms with van der Waals surface area (Å²) < 4.78 is 0. The Morgan fingerprint density at radius 3 is 2.55 bits per heavy atom. The van der Waals surface area contributed by atoms with Gasteiger partial charge < -0.3 is 10.4 Å². The number of rotatable bonds is 5. The molecule has 0 amide bonds. The monoisotopic (exact) mass is 272 g/mol. The Kier molecular flexibility index (Phi) is 5.17. The van der Waals surface area contributed by atoms with Crippen molar-refractivity contribution in [3.8, 4) is 6.07 Å². The molecule has 1 aromatic carbocycles. The van der Waals surface area contributed by atoms with Crippen molar-refractivity contribution in [1.29, 1.82) is 5.26 Å². The zero-order valence-corrected chi connectivity index (χ0v) is 12.2. The van der Waals surface area contributed by atoms with E-state index >= 15 is 0 Å². The lowest BCUT2D eigenvalue weighted by Crippen LogP contribution is -2.52. The van der Waals surface area contributed by atoms with Crippen LogP contribution in [0.3, 0.4) is 0 Å². The number of nitrogens with zero attached hydrogens (tertiary/aromatic N) is 1. The first-order valence-electron chi connectivity index (χ1n) is 7.49. The Balaban J connectivity index is 2.12. The number of aliphatic hydroxyl groups excluding tert-OH is 1. The third-order valence-corrected chi connectivity index (χ3v) is 4.51. The van der Waals surface area contributed by atoms with Crippen molar-refractivity contribution in [2.24, 2.45) is 5.92 Å². The van der Waals surface area contributed by atoms with E-state index < -0.39 is 0 Å². The normalized spacial score (nSPS) is 27.8. The molecule has 20 heavy (non-hydrogen) atoms. The molecule has 1 saturated carbocycles. The quantitative estimate of drug-likeness (QED) is 0.865. The van der Waals surface area contributed by atoms with Crippen molar-refractivity contribution in [3.05, 3.63) is 35.9 Å². The summed E-state index contributed by atoms with van der Waals surface area (Å²) in [7, 11) is 0. The number of nitriles is 1. The van der Waals surface area contributed by atoms with E-state index in [-0.39, 0.29) is 18.2 Å². The van der Waals surface area contributed by atoms with Crippen LogP contribution in [0, 0.1) is 17.2 Å². The van der Waals surface area contributed by atoms with Gasteiger partial charge in [-0.3, -0.25) is 0 Å². The Morgan fingerprint density at radius 2 is 2.00 bits per heavy atom. The van der Waals surface area contributed by atoms with E-state index in [4.69, 9.17) is 5.26 Å². The molecule has 3 heteroatoms. The highest BCUT2D eigenvalue weighted by Crippen LogP contribution is 2.34. The smallest absolute Gasteiger partial charge is 0.0641 e. The van der Waals surface area contributed by atoms with Gasteiger partial charge in [0.15, 0.2) is 0 Å². The first-order chi connectivity index (χ1) is 9.69. The Bertz CT molecular complexity index is 444. The van der Waals surface area contributed by atoms with Gasteiger partial charge in [0.2, 0.25) is 0 Å². The molecule has 1 aliphatic rings. The molecule has 1 unspecified atom stereocenters. The molecule has 1 atom stereocenters. The summed E-state index contributed by atoms with van der Waals surface area (Å²) in [5.41, 5.74) is 0.907. The fourth-order valence-corrected chi connectivity index (χ4v) is 3.06. The van der Waals surface area contributed by atoms with Gasteiger partial charge in [-0.25, -0.2) is 0 Å². The maximum absolute atomic E-state index is 9.85. The molecule has 1 fully saturated rings. The molecular weight excluding hydrogens is 248 g/mol. The van der Waals surface area contributed by atoms with Gasteiger partial charge in [-0.05, 0) is 37.2 Å². The molecule has 0 aromatic heterocycles. The minimum absolute atomic E-state index is 0.00163. The van der Waals surface area contributed by atoms with Crippen LogP contribution >= 0.6 is 0 Å². The number of aliphatic hydroxyl groups is 1. The van der Waals surface area contributed by atoms with Crippen molar-refractivity contribution in [1.82, 2.24) is 5.32 Å². The van der Waals surface area contributed by atoms with Crippen molar-refractivity contribution < 1.29 is 5.11 Å². The standard InChI is InChI=1S/C17H24N2O/c1-14-7-10-17(13-20,11-8-14)19-16(9-12-18)15-5-3-2-4-6-15/h2-6,14,16,19-20H,7-11,13H2,1H3. The molecule has 1 aromatic rings. The lowest BCUT2D eigenvalue weighted by atomic mass is 9.77. The average molecular weight is 272 g/mol. The van der Waals surface area contributed by atoms with E-state index in [0.717, 1.165) is 37.2 Å². The van der Waals surface area contributed by atoms with Gasteiger partial charge in [0, 0.05) is 11.6 Å². The van der Waals surface area contributed by atoms with Gasteiger partial charge >= 0.3 is 0 Å². The summed E-state index contributed by atoms with van der Waals surface area (Å²) in [5, 5.41) is 22.5. The van der Waals surface area contributed by atoms with Gasteiger partial charge in [-0.15, -0.1) is 0 Å². The minimum Gasteiger partial charge on any atom is -0.394 e. The average Bonchev–Trinajstić information content (AvgIpc) is 2.50. The zero-order valence-electron chi connectivity index (χ0n) is 12.2. The van der Waals surface area contributed by atoms with Crippen LogP contribution in [0.2, 0.25) is 0 Å². The van der Waals surface area contributed by atoms with Crippen LogP contribution < -0.4 is 5.32 Å². The van der Waals surface area contributed by atoms with Crippen molar-refractivity contribution in [3.63, 3.8) is 0 Å². The molecule has 0 spiro atoms. The molecule has 0 saturated heterocycles. The minimum atomic E-state index is -0.218. The number of benzene rings is 1.